The second kappa shape index (κ2) is 6.52. The first-order chi connectivity index (χ1) is 13.6. The number of aliphatic carboxylic acids is 1. The number of thiazole rings is 1. The molecular weight excluding hydrogens is 378 g/mol. The Balaban J connectivity index is 1.55. The number of nitrogens with zero attached hydrogens (tertiary/aromatic N) is 5. The average Bonchev–Trinajstić information content (AvgIpc) is 3.39. The molecule has 1 aliphatic carbocycles. The number of hydrogen-bond acceptors (Lipinski definition) is 7. The van der Waals surface area contributed by atoms with Crippen LogP contribution in [0.5, 0.6) is 0 Å². The highest BCUT2D eigenvalue weighted by atomic mass is 32.1. The molecule has 142 valence electrons. The molecule has 0 saturated heterocycles. The molecule has 0 amide bonds. The Kier molecular flexibility index (Phi) is 3.97. The van der Waals surface area contributed by atoms with E-state index < -0.39 is 12.0 Å². The number of hydrogen-bond donors (Lipinski definition) is 1. The monoisotopic (exact) mass is 395 g/mol. The van der Waals surface area contributed by atoms with E-state index in [2.05, 4.69) is 27.3 Å². The number of hydrazone groups is 1. The molecule has 1 atom stereocenters. The van der Waals surface area contributed by atoms with Gasteiger partial charge in [-0.05, 0) is 48.4 Å². The molecule has 1 aliphatic heterocycles. The van der Waals surface area contributed by atoms with Gasteiger partial charge < -0.3 is 5.11 Å². The number of carboxylic acid groups (broad SMARTS) is 1. The molecule has 0 radical (unpaired) electrons. The van der Waals surface area contributed by atoms with Gasteiger partial charge >= 0.3 is 5.97 Å². The van der Waals surface area contributed by atoms with Crippen LogP contribution < -0.4 is 10.1 Å². The van der Waals surface area contributed by atoms with E-state index in [4.69, 9.17) is 0 Å². The summed E-state index contributed by atoms with van der Waals surface area (Å²) in [6, 6.07) is 5.45. The predicted octanol–water partition coefficient (Wildman–Crippen LogP) is 1.05. The van der Waals surface area contributed by atoms with Crippen LogP contribution >= 0.6 is 11.3 Å². The van der Waals surface area contributed by atoms with Crippen LogP contribution in [0.3, 0.4) is 0 Å². The zero-order valence-corrected chi connectivity index (χ0v) is 15.7. The molecule has 0 saturated carbocycles. The fraction of sp³-hybridized carbons (Fsp3) is 0.316. The minimum atomic E-state index is -0.972. The molecule has 0 unspecified atom stereocenters. The van der Waals surface area contributed by atoms with E-state index in [1.54, 1.807) is 0 Å². The number of aromatic nitrogens is 3. The highest BCUT2D eigenvalue weighted by molar-refractivity contribution is 7.14. The van der Waals surface area contributed by atoms with E-state index in [0.29, 0.717) is 15.9 Å². The van der Waals surface area contributed by atoms with Crippen LogP contribution in [-0.4, -0.2) is 42.4 Å². The summed E-state index contributed by atoms with van der Waals surface area (Å²) in [6.45, 7) is 0. The van der Waals surface area contributed by atoms with Crippen molar-refractivity contribution in [2.45, 2.75) is 38.1 Å². The van der Waals surface area contributed by atoms with Crippen molar-refractivity contribution >= 4 is 34.2 Å². The third-order valence-corrected chi connectivity index (χ3v) is 6.24. The van der Waals surface area contributed by atoms with E-state index >= 15 is 0 Å². The van der Waals surface area contributed by atoms with Crippen molar-refractivity contribution in [2.75, 3.05) is 0 Å². The number of rotatable bonds is 3. The molecular formula is C19H17N5O3S. The van der Waals surface area contributed by atoms with Crippen LogP contribution in [-0.2, 0) is 17.6 Å². The zero-order chi connectivity index (χ0) is 19.3. The van der Waals surface area contributed by atoms with Crippen LogP contribution in [0.25, 0.3) is 11.2 Å². The summed E-state index contributed by atoms with van der Waals surface area (Å²) < 4.78 is 1.56. The normalized spacial score (nSPS) is 19.9. The lowest BCUT2D eigenvalue weighted by Crippen LogP contribution is -2.34. The standard InChI is InChI=1S/C19H17N5O3S/c25-17-16(28-19-20-10-21-24(17)19)9-23-15(18(26)27)8-14(22-23)13-6-5-11-3-1-2-4-12(11)7-13/h5-7,9-10,15H,1-4,8H2,(H,26,27)/b16-9-/t15-/m0/s1. The maximum atomic E-state index is 12.4. The first kappa shape index (κ1) is 17.1. The van der Waals surface area contributed by atoms with E-state index in [9.17, 15) is 14.7 Å². The summed E-state index contributed by atoms with van der Waals surface area (Å²) in [5, 5.41) is 19.4. The van der Waals surface area contributed by atoms with Gasteiger partial charge in [0.25, 0.3) is 5.56 Å². The van der Waals surface area contributed by atoms with E-state index in [0.717, 1.165) is 35.5 Å². The van der Waals surface area contributed by atoms with Crippen molar-refractivity contribution in [3.8, 4) is 0 Å². The molecule has 2 aliphatic rings. The summed E-state index contributed by atoms with van der Waals surface area (Å²) in [5.41, 5.74) is 4.06. The average molecular weight is 395 g/mol. The molecule has 0 fully saturated rings. The number of aryl methyl sites for hydroxylation is 2. The molecule has 0 spiro atoms. The lowest BCUT2D eigenvalue weighted by molar-refractivity contribution is -0.141. The summed E-state index contributed by atoms with van der Waals surface area (Å²) >= 11 is 1.16. The maximum Gasteiger partial charge on any atom is 0.328 e. The van der Waals surface area contributed by atoms with Gasteiger partial charge in [-0.2, -0.15) is 14.7 Å². The molecule has 3 heterocycles. The Morgan fingerprint density at radius 1 is 1.25 bits per heavy atom. The number of benzene rings is 1. The Morgan fingerprint density at radius 2 is 2.07 bits per heavy atom. The maximum absolute atomic E-state index is 12.4. The van der Waals surface area contributed by atoms with E-state index in [-0.39, 0.29) is 5.56 Å². The fourth-order valence-corrected chi connectivity index (χ4v) is 4.67. The molecule has 3 aromatic rings. The number of carboxylic acids is 1. The van der Waals surface area contributed by atoms with Crippen LogP contribution in [0.4, 0.5) is 0 Å². The number of carbonyl (C=O) groups is 1. The van der Waals surface area contributed by atoms with Gasteiger partial charge in [0.1, 0.15) is 10.9 Å². The van der Waals surface area contributed by atoms with Crippen molar-refractivity contribution in [2.24, 2.45) is 5.10 Å². The summed E-state index contributed by atoms with van der Waals surface area (Å²) in [4.78, 5) is 28.6. The second-order valence-corrected chi connectivity index (χ2v) is 8.04. The van der Waals surface area contributed by atoms with Crippen LogP contribution in [0.2, 0.25) is 0 Å². The SMILES string of the molecule is O=C(O)[C@@H]1CC(c2ccc3c(c2)CCCC3)=NN1/C=c1\sc2ncnn2c1=O. The third-order valence-electron chi connectivity index (χ3n) is 5.28. The van der Waals surface area contributed by atoms with Crippen molar-refractivity contribution < 1.29 is 9.90 Å². The Labute approximate surface area is 163 Å². The van der Waals surface area contributed by atoms with Gasteiger partial charge in [-0.15, -0.1) is 0 Å². The Morgan fingerprint density at radius 3 is 2.86 bits per heavy atom. The fourth-order valence-electron chi connectivity index (χ4n) is 3.82. The van der Waals surface area contributed by atoms with Gasteiger partial charge in [0, 0.05) is 12.6 Å². The second-order valence-electron chi connectivity index (χ2n) is 7.03. The molecule has 28 heavy (non-hydrogen) atoms. The zero-order valence-electron chi connectivity index (χ0n) is 14.9. The molecule has 8 nitrogen and oxygen atoms in total. The van der Waals surface area contributed by atoms with Crippen molar-refractivity contribution in [3.63, 3.8) is 0 Å². The van der Waals surface area contributed by atoms with Crippen LogP contribution in [0.15, 0.2) is 34.4 Å². The Hall–Kier alpha value is -3.07. The number of fused-ring (bicyclic) bond motifs is 2. The van der Waals surface area contributed by atoms with Gasteiger partial charge in [0.2, 0.25) is 4.96 Å². The molecule has 9 heteroatoms. The first-order valence-corrected chi connectivity index (χ1v) is 9.97. The minimum Gasteiger partial charge on any atom is -0.480 e. The third kappa shape index (κ3) is 2.78. The van der Waals surface area contributed by atoms with E-state index in [1.165, 1.54) is 46.0 Å². The van der Waals surface area contributed by atoms with Gasteiger partial charge in [-0.1, -0.05) is 23.5 Å². The Bertz CT molecular complexity index is 1230. The predicted molar refractivity (Wildman–Crippen MR) is 104 cm³/mol. The van der Waals surface area contributed by atoms with Crippen LogP contribution in [0.1, 0.15) is 36.0 Å². The lowest BCUT2D eigenvalue weighted by atomic mass is 9.89. The quantitative estimate of drug-likeness (QED) is 0.712. The topological polar surface area (TPSA) is 100 Å². The highest BCUT2D eigenvalue weighted by Crippen LogP contribution is 2.26. The largest absolute Gasteiger partial charge is 0.480 e. The van der Waals surface area contributed by atoms with Crippen LogP contribution in [0, 0.1) is 0 Å². The van der Waals surface area contributed by atoms with Gasteiger partial charge in [-0.25, -0.2) is 9.78 Å². The smallest absolute Gasteiger partial charge is 0.328 e. The van der Waals surface area contributed by atoms with Crippen molar-refractivity contribution in [3.05, 3.63) is 56.1 Å². The first-order valence-electron chi connectivity index (χ1n) is 9.15. The molecule has 1 aromatic carbocycles. The summed E-state index contributed by atoms with van der Waals surface area (Å²) in [5.74, 6) is -0.972. The molecule has 2 aromatic heterocycles. The van der Waals surface area contributed by atoms with Gasteiger partial charge in [0.05, 0.1) is 5.71 Å². The lowest BCUT2D eigenvalue weighted by Gasteiger charge is -2.16. The van der Waals surface area contributed by atoms with Gasteiger partial charge in [0.15, 0.2) is 6.04 Å². The summed E-state index contributed by atoms with van der Waals surface area (Å²) in [7, 11) is 0. The highest BCUT2D eigenvalue weighted by Gasteiger charge is 2.32. The molecule has 0 bridgehead atoms. The van der Waals surface area contributed by atoms with Crippen molar-refractivity contribution in [1.29, 1.82) is 0 Å². The molecule has 1 N–H and O–H groups in total. The molecule has 5 rings (SSSR count). The van der Waals surface area contributed by atoms with Crippen molar-refractivity contribution in [1.82, 2.24) is 19.6 Å². The van der Waals surface area contributed by atoms with E-state index in [1.807, 2.05) is 6.07 Å². The van der Waals surface area contributed by atoms with Gasteiger partial charge in [-0.3, -0.25) is 9.80 Å². The minimum absolute atomic E-state index is 0.291. The summed E-state index contributed by atoms with van der Waals surface area (Å²) in [6.07, 6.45) is 7.65.